The number of fused-ring (bicyclic) bond motifs is 1. The fourth-order valence-corrected chi connectivity index (χ4v) is 4.91. The van der Waals surface area contributed by atoms with Crippen LogP contribution in [-0.4, -0.2) is 30.3 Å². The van der Waals surface area contributed by atoms with Crippen molar-refractivity contribution < 1.29 is 14.4 Å². The van der Waals surface area contributed by atoms with Gasteiger partial charge < -0.3 is 20.9 Å². The molecular weight excluding hydrogens is 476 g/mol. The van der Waals surface area contributed by atoms with Crippen LogP contribution in [-0.2, 0) is 9.59 Å². The van der Waals surface area contributed by atoms with Gasteiger partial charge in [0.2, 0.25) is 11.8 Å². The number of carbonyl (C=O) groups is 3. The topological polar surface area (TPSA) is 90.5 Å². The van der Waals surface area contributed by atoms with Gasteiger partial charge in [-0.1, -0.05) is 18.2 Å². The number of terminal acetylenes is 1. The number of carbonyl (C=O) groups excluding carboxylic acids is 3. The summed E-state index contributed by atoms with van der Waals surface area (Å²) in [6.45, 7) is 5.56. The van der Waals surface area contributed by atoms with Gasteiger partial charge in [0.25, 0.3) is 5.91 Å². The molecular formula is C31H32N4O3. The quantitative estimate of drug-likeness (QED) is 0.296. The van der Waals surface area contributed by atoms with Gasteiger partial charge in [-0.15, -0.1) is 12.3 Å². The highest BCUT2D eigenvalue weighted by molar-refractivity contribution is 5.95. The van der Waals surface area contributed by atoms with E-state index in [1.54, 1.807) is 19.1 Å². The Morgan fingerprint density at radius 2 is 1.71 bits per heavy atom. The first kappa shape index (κ1) is 26.5. The summed E-state index contributed by atoms with van der Waals surface area (Å²) in [5, 5.41) is 9.25. The lowest BCUT2D eigenvalue weighted by molar-refractivity contribution is -0.117. The van der Waals surface area contributed by atoms with Gasteiger partial charge in [0.1, 0.15) is 0 Å². The summed E-state index contributed by atoms with van der Waals surface area (Å²) in [6.07, 6.45) is 6.46. The number of hydrogen-bond acceptors (Lipinski definition) is 4. The van der Waals surface area contributed by atoms with E-state index in [4.69, 9.17) is 6.42 Å². The highest BCUT2D eigenvalue weighted by atomic mass is 16.2. The van der Waals surface area contributed by atoms with Crippen LogP contribution in [0, 0.1) is 12.3 Å². The molecule has 4 rings (SSSR count). The number of benzene rings is 3. The van der Waals surface area contributed by atoms with Crippen molar-refractivity contribution in [1.82, 2.24) is 5.32 Å². The van der Waals surface area contributed by atoms with Crippen LogP contribution in [0.3, 0.4) is 0 Å². The smallest absolute Gasteiger partial charge is 0.251 e. The Morgan fingerprint density at radius 3 is 2.39 bits per heavy atom. The monoisotopic (exact) mass is 508 g/mol. The van der Waals surface area contributed by atoms with Crippen LogP contribution in [0.15, 0.2) is 66.7 Å². The van der Waals surface area contributed by atoms with E-state index < -0.39 is 0 Å². The van der Waals surface area contributed by atoms with E-state index in [0.29, 0.717) is 18.5 Å². The van der Waals surface area contributed by atoms with Crippen molar-refractivity contribution in [3.05, 3.63) is 77.9 Å². The minimum atomic E-state index is -0.160. The number of hydrogen-bond donors (Lipinski definition) is 3. The van der Waals surface area contributed by atoms with Crippen LogP contribution >= 0.6 is 0 Å². The Hall–Kier alpha value is -4.57. The Bertz CT molecular complexity index is 1390. The molecule has 0 aromatic heterocycles. The molecule has 0 fully saturated rings. The predicted octanol–water partition coefficient (Wildman–Crippen LogP) is 5.36. The second-order valence-electron chi connectivity index (χ2n) is 9.49. The van der Waals surface area contributed by atoms with E-state index >= 15 is 0 Å². The first-order valence-corrected chi connectivity index (χ1v) is 12.7. The van der Waals surface area contributed by atoms with E-state index in [9.17, 15) is 14.4 Å². The van der Waals surface area contributed by atoms with Gasteiger partial charge >= 0.3 is 0 Å². The molecule has 3 aromatic carbocycles. The molecule has 0 bridgehead atoms. The molecule has 3 amide bonds. The van der Waals surface area contributed by atoms with Crippen LogP contribution in [0.5, 0.6) is 0 Å². The fraction of sp³-hybridized carbons (Fsp3) is 0.258. The van der Waals surface area contributed by atoms with Crippen LogP contribution < -0.4 is 20.9 Å². The molecule has 2 atom stereocenters. The molecule has 7 nitrogen and oxygen atoms in total. The van der Waals surface area contributed by atoms with Crippen LogP contribution in [0.1, 0.15) is 55.6 Å². The number of anilines is 3. The predicted molar refractivity (Wildman–Crippen MR) is 152 cm³/mol. The molecule has 1 heterocycles. The molecule has 0 saturated heterocycles. The van der Waals surface area contributed by atoms with Crippen LogP contribution in [0.4, 0.5) is 17.1 Å². The van der Waals surface area contributed by atoms with Crippen molar-refractivity contribution in [2.45, 2.75) is 45.7 Å². The lowest BCUT2D eigenvalue weighted by Gasteiger charge is -2.39. The highest BCUT2D eigenvalue weighted by Crippen LogP contribution is 2.41. The zero-order chi connectivity index (χ0) is 27.2. The first-order chi connectivity index (χ1) is 18.3. The molecule has 0 radical (unpaired) electrons. The summed E-state index contributed by atoms with van der Waals surface area (Å²) in [4.78, 5) is 38.2. The average molecular weight is 509 g/mol. The van der Waals surface area contributed by atoms with Gasteiger partial charge in [0.15, 0.2) is 0 Å². The maximum Gasteiger partial charge on any atom is 0.251 e. The third-order valence-electron chi connectivity index (χ3n) is 6.58. The van der Waals surface area contributed by atoms with E-state index in [-0.39, 0.29) is 29.8 Å². The van der Waals surface area contributed by atoms with E-state index in [0.717, 1.165) is 40.2 Å². The number of nitrogens with one attached hydrogen (secondary N) is 3. The third-order valence-corrected chi connectivity index (χ3v) is 6.58. The normalized spacial score (nSPS) is 16.1. The van der Waals surface area contributed by atoms with Crippen molar-refractivity contribution in [3.8, 4) is 23.5 Å². The SMILES string of the molecule is C#CCCNC(=O)c1ccc(N[C@@H]2C[C@H](C)N(C(C)=O)c3ccc(-c4cccc(NC(C)=O)c4)cc32)cc1. The van der Waals surface area contributed by atoms with Crippen molar-refractivity contribution in [1.29, 1.82) is 0 Å². The van der Waals surface area contributed by atoms with Crippen molar-refractivity contribution in [2.75, 3.05) is 22.1 Å². The first-order valence-electron chi connectivity index (χ1n) is 12.7. The second-order valence-corrected chi connectivity index (χ2v) is 9.49. The van der Waals surface area contributed by atoms with E-state index in [2.05, 4.69) is 27.9 Å². The molecule has 7 heteroatoms. The minimum absolute atomic E-state index is 0.00203. The zero-order valence-electron chi connectivity index (χ0n) is 21.9. The molecule has 3 N–H and O–H groups in total. The third kappa shape index (κ3) is 6.04. The largest absolute Gasteiger partial charge is 0.378 e. The minimum Gasteiger partial charge on any atom is -0.378 e. The molecule has 1 aliphatic rings. The summed E-state index contributed by atoms with van der Waals surface area (Å²) in [5.41, 5.74) is 6.00. The molecule has 1 aliphatic heterocycles. The summed E-state index contributed by atoms with van der Waals surface area (Å²) in [5.74, 6) is 2.22. The molecule has 0 unspecified atom stereocenters. The maximum absolute atomic E-state index is 12.6. The van der Waals surface area contributed by atoms with Gasteiger partial charge in [0.05, 0.1) is 6.04 Å². The van der Waals surface area contributed by atoms with Crippen LogP contribution in [0.2, 0.25) is 0 Å². The highest BCUT2D eigenvalue weighted by Gasteiger charge is 2.32. The molecule has 38 heavy (non-hydrogen) atoms. The van der Waals surface area contributed by atoms with Crippen molar-refractivity contribution in [2.24, 2.45) is 0 Å². The zero-order valence-corrected chi connectivity index (χ0v) is 21.9. The summed E-state index contributed by atoms with van der Waals surface area (Å²) < 4.78 is 0. The Labute approximate surface area is 223 Å². The molecule has 0 aliphatic carbocycles. The van der Waals surface area contributed by atoms with Gasteiger partial charge in [-0.05, 0) is 78.6 Å². The number of rotatable bonds is 7. The van der Waals surface area contributed by atoms with Gasteiger partial charge in [-0.2, -0.15) is 0 Å². The number of nitrogens with zero attached hydrogens (tertiary/aromatic N) is 1. The van der Waals surface area contributed by atoms with Crippen LogP contribution in [0.25, 0.3) is 11.1 Å². The maximum atomic E-state index is 12.6. The van der Waals surface area contributed by atoms with E-state index in [1.807, 2.05) is 60.4 Å². The molecule has 3 aromatic rings. The lowest BCUT2D eigenvalue weighted by Crippen LogP contribution is -2.43. The van der Waals surface area contributed by atoms with Crippen molar-refractivity contribution in [3.63, 3.8) is 0 Å². The Morgan fingerprint density at radius 1 is 0.974 bits per heavy atom. The van der Waals surface area contributed by atoms with Gasteiger partial charge in [-0.3, -0.25) is 14.4 Å². The Kier molecular flexibility index (Phi) is 8.12. The molecule has 0 spiro atoms. The molecule has 0 saturated carbocycles. The Balaban J connectivity index is 1.63. The average Bonchev–Trinajstić information content (AvgIpc) is 2.88. The number of amides is 3. The lowest BCUT2D eigenvalue weighted by atomic mass is 9.88. The van der Waals surface area contributed by atoms with Gasteiger partial charge in [-0.25, -0.2) is 0 Å². The standard InChI is InChI=1S/C31H32N4O3/c1-5-6-16-32-31(38)23-10-13-26(14-11-23)34-29-17-20(2)35(22(4)37)30-15-12-25(19-28(29)30)24-8-7-9-27(18-24)33-21(3)36/h1,7-15,18-20,29,34H,6,16-17H2,2-4H3,(H,32,38)(H,33,36)/t20-,29+/m0/s1. The summed E-state index contributed by atoms with van der Waals surface area (Å²) in [6, 6.07) is 21.1. The van der Waals surface area contributed by atoms with Gasteiger partial charge in [0, 0.05) is 55.5 Å². The van der Waals surface area contributed by atoms with Crippen molar-refractivity contribution >= 4 is 34.8 Å². The summed E-state index contributed by atoms with van der Waals surface area (Å²) in [7, 11) is 0. The summed E-state index contributed by atoms with van der Waals surface area (Å²) >= 11 is 0. The van der Waals surface area contributed by atoms with E-state index in [1.165, 1.54) is 6.92 Å². The molecule has 194 valence electrons. The second kappa shape index (κ2) is 11.7. The fourth-order valence-electron chi connectivity index (χ4n) is 4.91.